The maximum absolute atomic E-state index is 6.49. The number of aromatic nitrogens is 3. The molecule has 0 saturated carbocycles. The summed E-state index contributed by atoms with van der Waals surface area (Å²) in [4.78, 5) is 10.4. The van der Waals surface area contributed by atoms with Crippen LogP contribution >= 0.6 is 0 Å². The van der Waals surface area contributed by atoms with E-state index in [4.69, 9.17) is 14.4 Å². The Bertz CT molecular complexity index is 2850. The highest BCUT2D eigenvalue weighted by Gasteiger charge is 2.18. The van der Waals surface area contributed by atoms with E-state index in [-0.39, 0.29) is 0 Å². The first-order valence-corrected chi connectivity index (χ1v) is 16.8. The van der Waals surface area contributed by atoms with Gasteiger partial charge in [0.1, 0.15) is 11.2 Å². The fraction of sp³-hybridized carbons (Fsp3) is 0. The molecule has 0 aliphatic rings. The van der Waals surface area contributed by atoms with Gasteiger partial charge in [0.05, 0.1) is 22.4 Å². The number of hydrogen-bond acceptors (Lipinski definition) is 3. The minimum atomic E-state index is 0.661. The fourth-order valence-corrected chi connectivity index (χ4v) is 7.24. The first kappa shape index (κ1) is 28.3. The molecule has 234 valence electrons. The predicted molar refractivity (Wildman–Crippen MR) is 205 cm³/mol. The predicted octanol–water partition coefficient (Wildman–Crippen LogP) is 12.1. The Labute approximate surface area is 288 Å². The van der Waals surface area contributed by atoms with Gasteiger partial charge in [0.2, 0.25) is 0 Å². The van der Waals surface area contributed by atoms with Gasteiger partial charge in [-0.15, -0.1) is 0 Å². The molecule has 0 N–H and O–H groups in total. The van der Waals surface area contributed by atoms with E-state index < -0.39 is 0 Å². The molecule has 0 amide bonds. The molecule has 3 heterocycles. The van der Waals surface area contributed by atoms with Crippen LogP contribution in [0.1, 0.15) is 0 Å². The summed E-state index contributed by atoms with van der Waals surface area (Å²) in [6, 6.07) is 61.3. The van der Waals surface area contributed by atoms with E-state index >= 15 is 0 Å². The van der Waals surface area contributed by atoms with Gasteiger partial charge in [0.15, 0.2) is 5.82 Å². The zero-order valence-electron chi connectivity index (χ0n) is 27.0. The van der Waals surface area contributed by atoms with E-state index in [2.05, 4.69) is 162 Å². The van der Waals surface area contributed by atoms with Crippen molar-refractivity contribution in [2.24, 2.45) is 0 Å². The quantitative estimate of drug-likeness (QED) is 0.188. The van der Waals surface area contributed by atoms with Gasteiger partial charge >= 0.3 is 0 Å². The highest BCUT2D eigenvalue weighted by molar-refractivity contribution is 6.11. The molecule has 0 saturated heterocycles. The van der Waals surface area contributed by atoms with Gasteiger partial charge in [-0.3, -0.25) is 0 Å². The number of para-hydroxylation sites is 4. The standard InChI is InChI=1S/C46H29N3O/c1-3-12-30(13-4-1)31-22-24-32(25-23-31)46-47-40(29-41(48-46)39-19-11-18-38-37-17-8-10-21-44(37)50-45(38)39)33-26-27-36-35-16-7-9-20-42(35)49(43(36)28-33)34-14-5-2-6-15-34/h1-29H. The number of nitrogens with zero attached hydrogens (tertiary/aromatic N) is 3. The molecule has 0 fully saturated rings. The lowest BCUT2D eigenvalue weighted by molar-refractivity contribution is 0.670. The van der Waals surface area contributed by atoms with Crippen molar-refractivity contribution in [1.29, 1.82) is 0 Å². The molecule has 0 spiro atoms. The van der Waals surface area contributed by atoms with E-state index in [0.717, 1.165) is 66.8 Å². The lowest BCUT2D eigenvalue weighted by atomic mass is 10.0. The zero-order chi connectivity index (χ0) is 33.0. The SMILES string of the molecule is c1ccc(-c2ccc(-c3nc(-c4ccc5c6ccccc6n(-c6ccccc6)c5c4)cc(-c4cccc5c4oc4ccccc45)n3)cc2)cc1. The molecule has 0 bridgehead atoms. The molecule has 4 heteroatoms. The van der Waals surface area contributed by atoms with Crippen molar-refractivity contribution < 1.29 is 4.42 Å². The van der Waals surface area contributed by atoms with Crippen LogP contribution in [0.15, 0.2) is 180 Å². The molecule has 3 aromatic heterocycles. The molecule has 0 atom stereocenters. The van der Waals surface area contributed by atoms with Gasteiger partial charge in [-0.2, -0.15) is 0 Å². The van der Waals surface area contributed by atoms with Crippen LogP contribution in [0.2, 0.25) is 0 Å². The van der Waals surface area contributed by atoms with Crippen LogP contribution in [0, 0.1) is 0 Å². The number of fused-ring (bicyclic) bond motifs is 6. The van der Waals surface area contributed by atoms with Gasteiger partial charge in [0.25, 0.3) is 0 Å². The zero-order valence-corrected chi connectivity index (χ0v) is 27.0. The van der Waals surface area contributed by atoms with Crippen molar-refractivity contribution in [2.45, 2.75) is 0 Å². The van der Waals surface area contributed by atoms with E-state index in [1.807, 2.05) is 18.2 Å². The number of furan rings is 1. The Hall–Kier alpha value is -6.78. The average molecular weight is 640 g/mol. The van der Waals surface area contributed by atoms with Crippen molar-refractivity contribution in [3.8, 4) is 50.7 Å². The molecule has 0 unspecified atom stereocenters. The molecular weight excluding hydrogens is 611 g/mol. The van der Waals surface area contributed by atoms with Crippen LogP contribution in [0.4, 0.5) is 0 Å². The normalized spacial score (nSPS) is 11.6. The highest BCUT2D eigenvalue weighted by Crippen LogP contribution is 2.39. The Morgan fingerprint density at radius 1 is 0.400 bits per heavy atom. The summed E-state index contributed by atoms with van der Waals surface area (Å²) in [7, 11) is 0. The first-order valence-electron chi connectivity index (χ1n) is 16.8. The van der Waals surface area contributed by atoms with Crippen molar-refractivity contribution in [1.82, 2.24) is 14.5 Å². The monoisotopic (exact) mass is 639 g/mol. The van der Waals surface area contributed by atoms with E-state index in [1.165, 1.54) is 21.9 Å². The second kappa shape index (κ2) is 11.4. The Kier molecular flexibility index (Phi) is 6.46. The van der Waals surface area contributed by atoms with Crippen LogP contribution in [0.5, 0.6) is 0 Å². The van der Waals surface area contributed by atoms with Crippen LogP contribution < -0.4 is 0 Å². The lowest BCUT2D eigenvalue weighted by Gasteiger charge is -2.12. The minimum Gasteiger partial charge on any atom is -0.455 e. The smallest absolute Gasteiger partial charge is 0.160 e. The van der Waals surface area contributed by atoms with Gasteiger partial charge < -0.3 is 8.98 Å². The highest BCUT2D eigenvalue weighted by atomic mass is 16.3. The summed E-state index contributed by atoms with van der Waals surface area (Å²) in [6.07, 6.45) is 0. The Morgan fingerprint density at radius 3 is 1.86 bits per heavy atom. The van der Waals surface area contributed by atoms with Crippen LogP contribution in [-0.2, 0) is 0 Å². The summed E-state index contributed by atoms with van der Waals surface area (Å²) < 4.78 is 8.83. The van der Waals surface area contributed by atoms with Crippen molar-refractivity contribution >= 4 is 43.7 Å². The fourth-order valence-electron chi connectivity index (χ4n) is 7.24. The van der Waals surface area contributed by atoms with E-state index in [0.29, 0.717) is 5.82 Å². The summed E-state index contributed by atoms with van der Waals surface area (Å²) in [5, 5.41) is 4.58. The second-order valence-corrected chi connectivity index (χ2v) is 12.6. The number of benzene rings is 7. The summed E-state index contributed by atoms with van der Waals surface area (Å²) >= 11 is 0. The maximum Gasteiger partial charge on any atom is 0.160 e. The average Bonchev–Trinajstić information content (AvgIpc) is 3.74. The third kappa shape index (κ3) is 4.61. The van der Waals surface area contributed by atoms with E-state index in [9.17, 15) is 0 Å². The van der Waals surface area contributed by atoms with Gasteiger partial charge in [0, 0.05) is 43.9 Å². The molecule has 0 aliphatic heterocycles. The van der Waals surface area contributed by atoms with Crippen LogP contribution in [0.25, 0.3) is 94.5 Å². The molecule has 0 aliphatic carbocycles. The lowest BCUT2D eigenvalue weighted by Crippen LogP contribution is -1.97. The van der Waals surface area contributed by atoms with Crippen LogP contribution in [0.3, 0.4) is 0 Å². The molecule has 7 aromatic carbocycles. The Morgan fingerprint density at radius 2 is 1.02 bits per heavy atom. The number of rotatable bonds is 5. The van der Waals surface area contributed by atoms with Gasteiger partial charge in [-0.1, -0.05) is 133 Å². The third-order valence-corrected chi connectivity index (χ3v) is 9.64. The van der Waals surface area contributed by atoms with Gasteiger partial charge in [-0.05, 0) is 53.6 Å². The van der Waals surface area contributed by atoms with Gasteiger partial charge in [-0.25, -0.2) is 9.97 Å². The molecular formula is C46H29N3O. The Balaban J connectivity index is 1.20. The summed E-state index contributed by atoms with van der Waals surface area (Å²) in [5.74, 6) is 0.661. The van der Waals surface area contributed by atoms with E-state index in [1.54, 1.807) is 0 Å². The minimum absolute atomic E-state index is 0.661. The second-order valence-electron chi connectivity index (χ2n) is 12.6. The number of hydrogen-bond donors (Lipinski definition) is 0. The molecule has 4 nitrogen and oxygen atoms in total. The largest absolute Gasteiger partial charge is 0.455 e. The molecule has 10 rings (SSSR count). The summed E-state index contributed by atoms with van der Waals surface area (Å²) in [6.45, 7) is 0. The molecule has 10 aromatic rings. The topological polar surface area (TPSA) is 43.9 Å². The van der Waals surface area contributed by atoms with Crippen molar-refractivity contribution in [3.63, 3.8) is 0 Å². The van der Waals surface area contributed by atoms with Crippen molar-refractivity contribution in [3.05, 3.63) is 176 Å². The maximum atomic E-state index is 6.49. The molecule has 0 radical (unpaired) electrons. The van der Waals surface area contributed by atoms with Crippen molar-refractivity contribution in [2.75, 3.05) is 0 Å². The van der Waals surface area contributed by atoms with Crippen LogP contribution in [-0.4, -0.2) is 14.5 Å². The summed E-state index contributed by atoms with van der Waals surface area (Å²) in [5.41, 5.74) is 12.0. The first-order chi connectivity index (χ1) is 24.8. The third-order valence-electron chi connectivity index (χ3n) is 9.64. The molecule has 50 heavy (non-hydrogen) atoms.